The molecule has 0 saturated heterocycles. The molecule has 15 heavy (non-hydrogen) atoms. The van der Waals surface area contributed by atoms with Crippen LogP contribution in [0.5, 0.6) is 0 Å². The fourth-order valence-electron chi connectivity index (χ4n) is 1.22. The zero-order valence-corrected chi connectivity index (χ0v) is 10.0. The van der Waals surface area contributed by atoms with Gasteiger partial charge in [-0.1, -0.05) is 6.92 Å². The van der Waals surface area contributed by atoms with Gasteiger partial charge < -0.3 is 5.73 Å². The predicted octanol–water partition coefficient (Wildman–Crippen LogP) is 0.284. The van der Waals surface area contributed by atoms with Gasteiger partial charge in [0.2, 0.25) is 0 Å². The lowest BCUT2D eigenvalue weighted by Gasteiger charge is -2.08. The molecule has 86 valence electrons. The van der Waals surface area contributed by atoms with Crippen molar-refractivity contribution in [3.63, 3.8) is 0 Å². The second-order valence-electron chi connectivity index (χ2n) is 3.41. The van der Waals surface area contributed by atoms with E-state index >= 15 is 0 Å². The molecule has 0 fully saturated rings. The van der Waals surface area contributed by atoms with E-state index < -0.39 is 10.8 Å². The predicted molar refractivity (Wildman–Crippen MR) is 60.7 cm³/mol. The van der Waals surface area contributed by atoms with Crippen molar-refractivity contribution in [2.24, 2.45) is 5.73 Å². The second-order valence-corrected chi connectivity index (χ2v) is 4.91. The molecule has 1 heterocycles. The topological polar surface area (TPSA) is 73.8 Å². The number of hydrogen-bond acceptors (Lipinski definition) is 4. The summed E-state index contributed by atoms with van der Waals surface area (Å²) in [5.41, 5.74) is 5.74. The Morgan fingerprint density at radius 1 is 1.60 bits per heavy atom. The smallest absolute Gasteiger partial charge is 0.139 e. The summed E-state index contributed by atoms with van der Waals surface area (Å²) in [4.78, 5) is 4.08. The van der Waals surface area contributed by atoms with Gasteiger partial charge in [0.05, 0.1) is 5.75 Å². The highest BCUT2D eigenvalue weighted by Gasteiger charge is 2.10. The minimum absolute atomic E-state index is 0.0174. The summed E-state index contributed by atoms with van der Waals surface area (Å²) in [6.45, 7) is 4.74. The molecule has 0 amide bonds. The van der Waals surface area contributed by atoms with Gasteiger partial charge in [-0.15, -0.1) is 0 Å². The van der Waals surface area contributed by atoms with E-state index in [9.17, 15) is 4.21 Å². The van der Waals surface area contributed by atoms with Crippen LogP contribution in [0.2, 0.25) is 0 Å². The molecule has 2 unspecified atom stereocenters. The van der Waals surface area contributed by atoms with Crippen LogP contribution in [0.4, 0.5) is 0 Å². The van der Waals surface area contributed by atoms with Crippen molar-refractivity contribution in [3.05, 3.63) is 12.2 Å². The highest BCUT2D eigenvalue weighted by atomic mass is 32.2. The highest BCUT2D eigenvalue weighted by molar-refractivity contribution is 7.84. The van der Waals surface area contributed by atoms with Gasteiger partial charge in [-0.3, -0.25) is 4.21 Å². The molecule has 0 bridgehead atoms. The van der Waals surface area contributed by atoms with Crippen molar-refractivity contribution in [2.45, 2.75) is 38.6 Å². The number of hydrogen-bond donors (Lipinski definition) is 1. The van der Waals surface area contributed by atoms with E-state index in [1.165, 1.54) is 6.33 Å². The lowest BCUT2D eigenvalue weighted by molar-refractivity contribution is 0.624. The maximum atomic E-state index is 11.7. The zero-order valence-electron chi connectivity index (χ0n) is 9.22. The van der Waals surface area contributed by atoms with Crippen molar-refractivity contribution in [3.8, 4) is 0 Å². The van der Waals surface area contributed by atoms with Crippen LogP contribution in [0.3, 0.4) is 0 Å². The quantitative estimate of drug-likeness (QED) is 0.762. The molecule has 1 rings (SSSR count). The summed E-state index contributed by atoms with van der Waals surface area (Å²) in [6, 6.07) is 0.0174. The van der Waals surface area contributed by atoms with Gasteiger partial charge in [-0.25, -0.2) is 9.67 Å². The number of nitrogens with zero attached hydrogens (tertiary/aromatic N) is 3. The molecule has 6 heteroatoms. The fourth-order valence-corrected chi connectivity index (χ4v) is 2.57. The monoisotopic (exact) mass is 230 g/mol. The average Bonchev–Trinajstić information content (AvgIpc) is 2.64. The summed E-state index contributed by atoms with van der Waals surface area (Å²) in [5.74, 6) is 1.76. The largest absolute Gasteiger partial charge is 0.327 e. The lowest BCUT2D eigenvalue weighted by atomic mass is 10.3. The van der Waals surface area contributed by atoms with Crippen molar-refractivity contribution >= 4 is 10.8 Å². The molecule has 0 aliphatic heterocycles. The molecule has 0 aliphatic carbocycles. The first-order valence-corrected chi connectivity index (χ1v) is 6.63. The Bertz CT molecular complexity index is 326. The van der Waals surface area contributed by atoms with Crippen LogP contribution in [0.25, 0.3) is 0 Å². The third kappa shape index (κ3) is 3.71. The van der Waals surface area contributed by atoms with Crippen LogP contribution < -0.4 is 5.73 Å². The summed E-state index contributed by atoms with van der Waals surface area (Å²) in [5, 5.41) is 4.03. The summed E-state index contributed by atoms with van der Waals surface area (Å²) >= 11 is 0. The van der Waals surface area contributed by atoms with Crippen molar-refractivity contribution < 1.29 is 4.21 Å². The molecule has 1 aromatic rings. The minimum Gasteiger partial charge on any atom is -0.327 e. The van der Waals surface area contributed by atoms with E-state index in [4.69, 9.17) is 5.73 Å². The van der Waals surface area contributed by atoms with Crippen LogP contribution in [0.15, 0.2) is 6.33 Å². The number of aromatic nitrogens is 3. The molecule has 2 N–H and O–H groups in total. The molecule has 0 radical (unpaired) electrons. The normalized spacial score (nSPS) is 15.1. The SMILES string of the molecule is CCC(N)CS(=O)Cc1ncnn1CC. The first-order valence-electron chi connectivity index (χ1n) is 5.14. The fraction of sp³-hybridized carbons (Fsp3) is 0.778. The Kier molecular flexibility index (Phi) is 4.90. The summed E-state index contributed by atoms with van der Waals surface area (Å²) in [6.07, 6.45) is 2.35. The van der Waals surface area contributed by atoms with Crippen molar-refractivity contribution in [2.75, 3.05) is 5.75 Å². The van der Waals surface area contributed by atoms with Gasteiger partial charge in [0.25, 0.3) is 0 Å². The van der Waals surface area contributed by atoms with E-state index in [-0.39, 0.29) is 6.04 Å². The molecule has 5 nitrogen and oxygen atoms in total. The van der Waals surface area contributed by atoms with Crippen LogP contribution in [-0.4, -0.2) is 30.8 Å². The molecule has 1 aromatic heterocycles. The van der Waals surface area contributed by atoms with Crippen molar-refractivity contribution in [1.82, 2.24) is 14.8 Å². The average molecular weight is 230 g/mol. The second kappa shape index (κ2) is 5.97. The Morgan fingerprint density at radius 2 is 2.33 bits per heavy atom. The number of rotatable bonds is 6. The zero-order chi connectivity index (χ0) is 11.3. The number of nitrogens with two attached hydrogens (primary N) is 1. The van der Waals surface area contributed by atoms with Gasteiger partial charge in [-0.2, -0.15) is 5.10 Å². The molecular weight excluding hydrogens is 212 g/mol. The molecule has 0 spiro atoms. The van der Waals surface area contributed by atoms with E-state index in [0.717, 1.165) is 18.8 Å². The van der Waals surface area contributed by atoms with Crippen LogP contribution in [0.1, 0.15) is 26.1 Å². The molecule has 0 saturated carbocycles. The highest BCUT2D eigenvalue weighted by Crippen LogP contribution is 2.01. The van der Waals surface area contributed by atoms with E-state index in [1.54, 1.807) is 4.68 Å². The van der Waals surface area contributed by atoms with Crippen LogP contribution >= 0.6 is 0 Å². The van der Waals surface area contributed by atoms with Crippen molar-refractivity contribution in [1.29, 1.82) is 0 Å². The minimum atomic E-state index is -0.940. The van der Waals surface area contributed by atoms with Gasteiger partial charge in [-0.05, 0) is 13.3 Å². The van der Waals surface area contributed by atoms with Gasteiger partial charge in [0.1, 0.15) is 12.2 Å². The van der Waals surface area contributed by atoms with Gasteiger partial charge in [0, 0.05) is 29.1 Å². The molecule has 0 aromatic carbocycles. The Labute approximate surface area is 92.5 Å². The molecule has 0 aliphatic rings. The summed E-state index contributed by atoms with van der Waals surface area (Å²) < 4.78 is 13.5. The molecule has 2 atom stereocenters. The summed E-state index contributed by atoms with van der Waals surface area (Å²) in [7, 11) is -0.940. The standard InChI is InChI=1S/C9H18N4OS/c1-3-8(10)5-15(14)6-9-11-7-12-13(9)4-2/h7-8H,3-6,10H2,1-2H3. The first kappa shape index (κ1) is 12.3. The first-order chi connectivity index (χ1) is 7.17. The Balaban J connectivity index is 2.51. The lowest BCUT2D eigenvalue weighted by Crippen LogP contribution is -2.27. The molecular formula is C9H18N4OS. The maximum Gasteiger partial charge on any atom is 0.139 e. The van der Waals surface area contributed by atoms with E-state index in [0.29, 0.717) is 11.5 Å². The maximum absolute atomic E-state index is 11.7. The Hall–Kier alpha value is -0.750. The van der Waals surface area contributed by atoms with Crippen LogP contribution in [-0.2, 0) is 23.1 Å². The third-order valence-corrected chi connectivity index (χ3v) is 3.59. The number of aryl methyl sites for hydroxylation is 1. The van der Waals surface area contributed by atoms with Gasteiger partial charge >= 0.3 is 0 Å². The van der Waals surface area contributed by atoms with E-state index in [2.05, 4.69) is 10.1 Å². The Morgan fingerprint density at radius 3 is 2.93 bits per heavy atom. The van der Waals surface area contributed by atoms with E-state index in [1.807, 2.05) is 13.8 Å². The third-order valence-electron chi connectivity index (χ3n) is 2.21. The van der Waals surface area contributed by atoms with Gasteiger partial charge in [0.15, 0.2) is 0 Å². The van der Waals surface area contributed by atoms with Crippen LogP contribution in [0, 0.1) is 0 Å².